The molecule has 2 rings (SSSR count). The van der Waals surface area contributed by atoms with Gasteiger partial charge >= 0.3 is 0 Å². The van der Waals surface area contributed by atoms with Crippen molar-refractivity contribution >= 4 is 33.3 Å². The van der Waals surface area contributed by atoms with Crippen molar-refractivity contribution in [2.45, 2.75) is 6.54 Å². The number of rotatable bonds is 3. The van der Waals surface area contributed by atoms with Crippen molar-refractivity contribution in [1.29, 1.82) is 0 Å². The van der Waals surface area contributed by atoms with Crippen molar-refractivity contribution < 1.29 is 4.39 Å². The predicted molar refractivity (Wildman–Crippen MR) is 75.5 cm³/mol. The third-order valence-electron chi connectivity index (χ3n) is 2.48. The fraction of sp³-hybridized carbons (Fsp3) is 0.154. The Balaban J connectivity index is 2.16. The molecule has 1 aromatic heterocycles. The number of halogens is 3. The second-order valence-electron chi connectivity index (χ2n) is 3.94. The van der Waals surface area contributed by atoms with Crippen LogP contribution in [0.3, 0.4) is 0 Å². The lowest BCUT2D eigenvalue weighted by molar-refractivity contribution is 0.627. The van der Waals surface area contributed by atoms with E-state index in [0.717, 1.165) is 15.9 Å². The Bertz CT molecular complexity index is 545. The van der Waals surface area contributed by atoms with Crippen LogP contribution in [-0.4, -0.2) is 12.0 Å². The summed E-state index contributed by atoms with van der Waals surface area (Å²) < 4.78 is 13.6. The van der Waals surface area contributed by atoms with Crippen LogP contribution in [0.1, 0.15) is 5.56 Å². The lowest BCUT2D eigenvalue weighted by Gasteiger charge is -2.19. The molecule has 0 spiro atoms. The Morgan fingerprint density at radius 3 is 2.61 bits per heavy atom. The summed E-state index contributed by atoms with van der Waals surface area (Å²) in [5, 5.41) is 0.584. The zero-order valence-corrected chi connectivity index (χ0v) is 12.0. The minimum absolute atomic E-state index is 0.229. The highest BCUT2D eigenvalue weighted by Crippen LogP contribution is 2.26. The molecule has 0 radical (unpaired) electrons. The van der Waals surface area contributed by atoms with Crippen LogP contribution >= 0.6 is 27.5 Å². The molecule has 0 amide bonds. The number of hydrogen-bond donors (Lipinski definition) is 0. The Morgan fingerprint density at radius 2 is 2.00 bits per heavy atom. The molecule has 2 nitrogen and oxygen atoms in total. The zero-order chi connectivity index (χ0) is 13.1. The van der Waals surface area contributed by atoms with Crippen molar-refractivity contribution in [1.82, 2.24) is 4.98 Å². The summed E-state index contributed by atoms with van der Waals surface area (Å²) >= 11 is 9.27. The predicted octanol–water partition coefficient (Wildman–Crippen LogP) is 4.27. The quantitative estimate of drug-likeness (QED) is 0.836. The van der Waals surface area contributed by atoms with Crippen LogP contribution in [0.2, 0.25) is 5.02 Å². The molecular formula is C13H11BrClFN2. The van der Waals surface area contributed by atoms with E-state index in [1.165, 1.54) is 12.1 Å². The summed E-state index contributed by atoms with van der Waals surface area (Å²) in [4.78, 5) is 6.23. The molecule has 0 saturated carbocycles. The van der Waals surface area contributed by atoms with Gasteiger partial charge in [0, 0.05) is 19.8 Å². The number of pyridine rings is 1. The van der Waals surface area contributed by atoms with Gasteiger partial charge in [-0.25, -0.2) is 9.37 Å². The lowest BCUT2D eigenvalue weighted by atomic mass is 10.2. The molecule has 0 atom stereocenters. The normalized spacial score (nSPS) is 10.4. The van der Waals surface area contributed by atoms with Crippen molar-refractivity contribution in [2.75, 3.05) is 11.9 Å². The van der Waals surface area contributed by atoms with Crippen LogP contribution in [0.25, 0.3) is 0 Å². The summed E-state index contributed by atoms with van der Waals surface area (Å²) in [5.41, 5.74) is 1.02. The number of anilines is 1. The van der Waals surface area contributed by atoms with E-state index in [2.05, 4.69) is 20.9 Å². The minimum Gasteiger partial charge on any atom is -0.354 e. The molecule has 0 N–H and O–H groups in total. The van der Waals surface area contributed by atoms with E-state index in [4.69, 9.17) is 11.6 Å². The van der Waals surface area contributed by atoms with Gasteiger partial charge < -0.3 is 4.90 Å². The summed E-state index contributed by atoms with van der Waals surface area (Å²) in [6.07, 6.45) is 1.60. The van der Waals surface area contributed by atoms with Gasteiger partial charge in [0.15, 0.2) is 0 Å². The van der Waals surface area contributed by atoms with Crippen LogP contribution in [0.4, 0.5) is 10.2 Å². The van der Waals surface area contributed by atoms with E-state index in [1.807, 2.05) is 11.9 Å². The highest BCUT2D eigenvalue weighted by molar-refractivity contribution is 9.10. The lowest BCUT2D eigenvalue weighted by Crippen LogP contribution is -2.18. The molecule has 94 valence electrons. The molecule has 0 aliphatic carbocycles. The second-order valence-corrected chi connectivity index (χ2v) is 5.23. The fourth-order valence-corrected chi connectivity index (χ4v) is 2.57. The molecule has 0 aliphatic heterocycles. The van der Waals surface area contributed by atoms with E-state index in [1.54, 1.807) is 24.4 Å². The second kappa shape index (κ2) is 5.67. The molecule has 0 bridgehead atoms. The van der Waals surface area contributed by atoms with Gasteiger partial charge in [-0.3, -0.25) is 0 Å². The summed E-state index contributed by atoms with van der Waals surface area (Å²) in [6, 6.07) is 8.22. The monoisotopic (exact) mass is 328 g/mol. The average Bonchev–Trinajstić information content (AvgIpc) is 2.32. The van der Waals surface area contributed by atoms with Crippen LogP contribution < -0.4 is 4.90 Å². The molecule has 18 heavy (non-hydrogen) atoms. The molecule has 5 heteroatoms. The Morgan fingerprint density at radius 1 is 1.33 bits per heavy atom. The Hall–Kier alpha value is -1.13. The van der Waals surface area contributed by atoms with E-state index in [9.17, 15) is 4.39 Å². The molecule has 0 fully saturated rings. The molecular weight excluding hydrogens is 319 g/mol. The zero-order valence-electron chi connectivity index (χ0n) is 9.70. The first kappa shape index (κ1) is 13.3. The van der Waals surface area contributed by atoms with Crippen LogP contribution in [0.15, 0.2) is 41.0 Å². The highest BCUT2D eigenvalue weighted by Gasteiger charge is 2.08. The third kappa shape index (κ3) is 3.21. The number of hydrogen-bond acceptors (Lipinski definition) is 2. The van der Waals surface area contributed by atoms with Gasteiger partial charge in [0.05, 0.1) is 9.50 Å². The first-order chi connectivity index (χ1) is 8.56. The van der Waals surface area contributed by atoms with Crippen LogP contribution in [-0.2, 0) is 6.54 Å². The fourth-order valence-electron chi connectivity index (χ4n) is 1.63. The molecule has 0 unspecified atom stereocenters. The van der Waals surface area contributed by atoms with Crippen LogP contribution in [0, 0.1) is 5.82 Å². The molecule has 1 aromatic carbocycles. The SMILES string of the molecule is CN(Cc1ccc(F)cc1)c1ncc(Cl)cc1Br. The summed E-state index contributed by atoms with van der Waals surface area (Å²) in [7, 11) is 1.92. The smallest absolute Gasteiger partial charge is 0.143 e. The van der Waals surface area contributed by atoms with E-state index in [-0.39, 0.29) is 5.82 Å². The molecule has 0 aliphatic rings. The minimum atomic E-state index is -0.229. The Labute approximate surface area is 119 Å². The first-order valence-corrected chi connectivity index (χ1v) is 6.50. The van der Waals surface area contributed by atoms with Gasteiger partial charge in [-0.2, -0.15) is 0 Å². The highest BCUT2D eigenvalue weighted by atomic mass is 79.9. The number of nitrogens with zero attached hydrogens (tertiary/aromatic N) is 2. The maximum Gasteiger partial charge on any atom is 0.143 e. The van der Waals surface area contributed by atoms with E-state index < -0.39 is 0 Å². The van der Waals surface area contributed by atoms with Gasteiger partial charge in [0.1, 0.15) is 11.6 Å². The van der Waals surface area contributed by atoms with Gasteiger partial charge in [-0.15, -0.1) is 0 Å². The topological polar surface area (TPSA) is 16.1 Å². The van der Waals surface area contributed by atoms with E-state index >= 15 is 0 Å². The van der Waals surface area contributed by atoms with Crippen molar-refractivity contribution in [2.24, 2.45) is 0 Å². The maximum absolute atomic E-state index is 12.8. The summed E-state index contributed by atoms with van der Waals surface area (Å²) in [5.74, 6) is 0.566. The molecule has 1 heterocycles. The van der Waals surface area contributed by atoms with Crippen molar-refractivity contribution in [3.63, 3.8) is 0 Å². The molecule has 0 saturated heterocycles. The maximum atomic E-state index is 12.8. The average molecular weight is 330 g/mol. The Kier molecular flexibility index (Phi) is 4.19. The number of aromatic nitrogens is 1. The number of benzene rings is 1. The van der Waals surface area contributed by atoms with Gasteiger partial charge in [-0.1, -0.05) is 23.7 Å². The third-order valence-corrected chi connectivity index (χ3v) is 3.27. The van der Waals surface area contributed by atoms with Crippen LogP contribution in [0.5, 0.6) is 0 Å². The standard InChI is InChI=1S/C13H11BrClFN2/c1-18(8-9-2-4-11(16)5-3-9)13-12(14)6-10(15)7-17-13/h2-7H,8H2,1H3. The van der Waals surface area contributed by atoms with Gasteiger partial charge in [0.2, 0.25) is 0 Å². The van der Waals surface area contributed by atoms with E-state index in [0.29, 0.717) is 11.6 Å². The largest absolute Gasteiger partial charge is 0.354 e. The van der Waals surface area contributed by atoms with Gasteiger partial charge in [-0.05, 0) is 39.7 Å². The van der Waals surface area contributed by atoms with Crippen molar-refractivity contribution in [3.05, 3.63) is 57.4 Å². The van der Waals surface area contributed by atoms with Gasteiger partial charge in [0.25, 0.3) is 0 Å². The van der Waals surface area contributed by atoms with Crippen molar-refractivity contribution in [3.8, 4) is 0 Å². The summed E-state index contributed by atoms with van der Waals surface area (Å²) in [6.45, 7) is 0.646. The first-order valence-electron chi connectivity index (χ1n) is 5.33. The molecule has 2 aromatic rings.